The normalized spacial score (nSPS) is 21.7. The molecule has 1 aliphatic heterocycles. The van der Waals surface area contributed by atoms with Crippen molar-refractivity contribution in [2.75, 3.05) is 45.9 Å². The quantitative estimate of drug-likeness (QED) is 0.257. The zero-order valence-electron chi connectivity index (χ0n) is 15.6. The van der Waals surface area contributed by atoms with E-state index in [1.54, 1.807) is 0 Å². The molecule has 0 atom stereocenters. The van der Waals surface area contributed by atoms with Crippen molar-refractivity contribution in [3.8, 4) is 0 Å². The van der Waals surface area contributed by atoms with Gasteiger partial charge in [0.2, 0.25) is 0 Å². The van der Waals surface area contributed by atoms with E-state index in [0.717, 1.165) is 58.3 Å². The van der Waals surface area contributed by atoms with Crippen molar-refractivity contribution in [1.82, 2.24) is 10.2 Å². The molecule has 0 aromatic rings. The molecule has 3 N–H and O–H groups in total. The molecule has 0 aromatic carbocycles. The fourth-order valence-electron chi connectivity index (χ4n) is 4.07. The molecule has 1 saturated carbocycles. The van der Waals surface area contributed by atoms with E-state index >= 15 is 0 Å². The summed E-state index contributed by atoms with van der Waals surface area (Å²) in [6.45, 7) is 11.4. The summed E-state index contributed by atoms with van der Waals surface area (Å²) in [6, 6.07) is 0. The highest BCUT2D eigenvalue weighted by molar-refractivity contribution is 14.0. The van der Waals surface area contributed by atoms with Crippen molar-refractivity contribution in [2.24, 2.45) is 22.1 Å². The summed E-state index contributed by atoms with van der Waals surface area (Å²) >= 11 is 0. The maximum absolute atomic E-state index is 6.07. The van der Waals surface area contributed by atoms with Crippen LogP contribution in [0.5, 0.6) is 0 Å². The molecule has 0 radical (unpaired) electrons. The number of hydrogen-bond acceptors (Lipinski definition) is 3. The first-order valence-electron chi connectivity index (χ1n) is 9.44. The van der Waals surface area contributed by atoms with E-state index in [1.807, 2.05) is 0 Å². The molecule has 1 saturated heterocycles. The Labute approximate surface area is 165 Å². The Balaban J connectivity index is 0.00000288. The Kier molecular flexibility index (Phi) is 10.5. The van der Waals surface area contributed by atoms with Gasteiger partial charge in [0.15, 0.2) is 5.96 Å². The predicted octanol–water partition coefficient (Wildman–Crippen LogP) is 2.84. The number of ether oxygens (including phenoxy) is 1. The summed E-state index contributed by atoms with van der Waals surface area (Å²) in [4.78, 5) is 7.12. The van der Waals surface area contributed by atoms with Crippen LogP contribution < -0.4 is 11.1 Å². The number of morpholine rings is 1. The van der Waals surface area contributed by atoms with Gasteiger partial charge < -0.3 is 15.8 Å². The maximum atomic E-state index is 6.07. The number of rotatable bonds is 8. The topological polar surface area (TPSA) is 62.9 Å². The summed E-state index contributed by atoms with van der Waals surface area (Å²) in [5.74, 6) is 1.37. The summed E-state index contributed by atoms with van der Waals surface area (Å²) in [5, 5.41) is 3.29. The van der Waals surface area contributed by atoms with E-state index in [-0.39, 0.29) is 24.0 Å². The van der Waals surface area contributed by atoms with E-state index in [1.165, 1.54) is 32.1 Å². The Morgan fingerprint density at radius 3 is 2.54 bits per heavy atom. The van der Waals surface area contributed by atoms with Gasteiger partial charge in [-0.25, -0.2) is 0 Å². The fourth-order valence-corrected chi connectivity index (χ4v) is 4.07. The first-order valence-corrected chi connectivity index (χ1v) is 9.44. The van der Waals surface area contributed by atoms with Gasteiger partial charge in [-0.1, -0.05) is 26.7 Å². The van der Waals surface area contributed by atoms with Gasteiger partial charge in [0, 0.05) is 26.2 Å². The Morgan fingerprint density at radius 1 is 1.25 bits per heavy atom. The molecule has 0 unspecified atom stereocenters. The van der Waals surface area contributed by atoms with Crippen molar-refractivity contribution < 1.29 is 4.74 Å². The van der Waals surface area contributed by atoms with Crippen LogP contribution in [0.4, 0.5) is 0 Å². The van der Waals surface area contributed by atoms with Crippen LogP contribution in [0.3, 0.4) is 0 Å². The SMILES string of the molecule is CC(C)CC1(CN=C(N)NCCCN2CCOCC2)CCCC1.I. The molecule has 0 spiro atoms. The monoisotopic (exact) mass is 452 g/mol. The molecular formula is C18H37IN4O. The number of guanidine groups is 1. The highest BCUT2D eigenvalue weighted by Crippen LogP contribution is 2.43. The van der Waals surface area contributed by atoms with Crippen LogP contribution >= 0.6 is 24.0 Å². The summed E-state index contributed by atoms with van der Waals surface area (Å²) in [5.41, 5.74) is 6.48. The van der Waals surface area contributed by atoms with Crippen molar-refractivity contribution in [1.29, 1.82) is 0 Å². The number of nitrogens with one attached hydrogen (secondary N) is 1. The van der Waals surface area contributed by atoms with Gasteiger partial charge in [0.1, 0.15) is 0 Å². The van der Waals surface area contributed by atoms with Crippen molar-refractivity contribution >= 4 is 29.9 Å². The lowest BCUT2D eigenvalue weighted by Gasteiger charge is -2.29. The van der Waals surface area contributed by atoms with Gasteiger partial charge in [0.05, 0.1) is 13.2 Å². The molecule has 0 bridgehead atoms. The minimum atomic E-state index is 0. The van der Waals surface area contributed by atoms with E-state index in [9.17, 15) is 0 Å². The third-order valence-corrected chi connectivity index (χ3v) is 5.15. The second-order valence-electron chi connectivity index (χ2n) is 7.74. The minimum absolute atomic E-state index is 0. The third-order valence-electron chi connectivity index (χ3n) is 5.15. The molecule has 1 heterocycles. The summed E-state index contributed by atoms with van der Waals surface area (Å²) in [7, 11) is 0. The first-order chi connectivity index (χ1) is 11.1. The van der Waals surface area contributed by atoms with Crippen LogP contribution in [-0.4, -0.2) is 56.8 Å². The molecule has 2 aliphatic rings. The van der Waals surface area contributed by atoms with E-state index < -0.39 is 0 Å². The lowest BCUT2D eigenvalue weighted by atomic mass is 9.78. The average Bonchev–Trinajstić information content (AvgIpc) is 2.99. The van der Waals surface area contributed by atoms with Crippen molar-refractivity contribution in [3.63, 3.8) is 0 Å². The molecule has 24 heavy (non-hydrogen) atoms. The van der Waals surface area contributed by atoms with Crippen LogP contribution in [-0.2, 0) is 4.74 Å². The second-order valence-corrected chi connectivity index (χ2v) is 7.74. The van der Waals surface area contributed by atoms with Crippen LogP contribution in [0.1, 0.15) is 52.4 Å². The highest BCUT2D eigenvalue weighted by atomic mass is 127. The standard InChI is InChI=1S/C18H36N4O.HI/c1-16(2)14-18(6-3-4-7-18)15-21-17(19)20-8-5-9-22-10-12-23-13-11-22;/h16H,3-15H2,1-2H3,(H3,19,20,21);1H. The molecule has 2 rings (SSSR count). The molecule has 0 amide bonds. The third kappa shape index (κ3) is 7.87. The van der Waals surface area contributed by atoms with Crippen LogP contribution in [0.25, 0.3) is 0 Å². The van der Waals surface area contributed by atoms with Gasteiger partial charge in [-0.05, 0) is 43.6 Å². The van der Waals surface area contributed by atoms with Crippen LogP contribution in [0.15, 0.2) is 4.99 Å². The lowest BCUT2D eigenvalue weighted by molar-refractivity contribution is 0.0376. The first kappa shape index (κ1) is 22.0. The summed E-state index contributed by atoms with van der Waals surface area (Å²) < 4.78 is 5.37. The highest BCUT2D eigenvalue weighted by Gasteiger charge is 2.34. The Hall–Kier alpha value is -0.0800. The molecule has 142 valence electrons. The predicted molar refractivity (Wildman–Crippen MR) is 112 cm³/mol. The van der Waals surface area contributed by atoms with E-state index in [2.05, 4.69) is 29.1 Å². The zero-order valence-corrected chi connectivity index (χ0v) is 17.9. The molecule has 6 heteroatoms. The molecule has 0 aromatic heterocycles. The van der Waals surface area contributed by atoms with E-state index in [0.29, 0.717) is 11.4 Å². The molecular weight excluding hydrogens is 415 g/mol. The number of halogens is 1. The Morgan fingerprint density at radius 2 is 1.92 bits per heavy atom. The number of hydrogen-bond donors (Lipinski definition) is 2. The minimum Gasteiger partial charge on any atom is -0.379 e. The largest absolute Gasteiger partial charge is 0.379 e. The Bertz CT molecular complexity index is 364. The molecule has 1 aliphatic carbocycles. The van der Waals surface area contributed by atoms with Gasteiger partial charge in [-0.2, -0.15) is 0 Å². The maximum Gasteiger partial charge on any atom is 0.188 e. The molecule has 2 fully saturated rings. The van der Waals surface area contributed by atoms with Gasteiger partial charge >= 0.3 is 0 Å². The van der Waals surface area contributed by atoms with Crippen molar-refractivity contribution in [2.45, 2.75) is 52.4 Å². The second kappa shape index (κ2) is 11.5. The lowest BCUT2D eigenvalue weighted by Crippen LogP contribution is -2.39. The van der Waals surface area contributed by atoms with Crippen LogP contribution in [0.2, 0.25) is 0 Å². The van der Waals surface area contributed by atoms with Crippen molar-refractivity contribution in [3.05, 3.63) is 0 Å². The smallest absolute Gasteiger partial charge is 0.188 e. The number of aliphatic imine (C=N–C) groups is 1. The number of nitrogens with zero attached hydrogens (tertiary/aromatic N) is 2. The van der Waals surface area contributed by atoms with E-state index in [4.69, 9.17) is 10.5 Å². The van der Waals surface area contributed by atoms with Gasteiger partial charge in [-0.15, -0.1) is 24.0 Å². The van der Waals surface area contributed by atoms with Gasteiger partial charge in [-0.3, -0.25) is 9.89 Å². The zero-order chi connectivity index (χ0) is 16.5. The number of nitrogens with two attached hydrogens (primary N) is 1. The molecule has 5 nitrogen and oxygen atoms in total. The van der Waals surface area contributed by atoms with Crippen LogP contribution in [0, 0.1) is 11.3 Å². The average molecular weight is 452 g/mol. The fraction of sp³-hybridized carbons (Fsp3) is 0.944. The van der Waals surface area contributed by atoms with Gasteiger partial charge in [0.25, 0.3) is 0 Å². The summed E-state index contributed by atoms with van der Waals surface area (Å²) in [6.07, 6.45) is 7.73.